The van der Waals surface area contributed by atoms with E-state index in [-0.39, 0.29) is 5.91 Å². The van der Waals surface area contributed by atoms with E-state index < -0.39 is 0 Å². The lowest BCUT2D eigenvalue weighted by molar-refractivity contribution is 0.102. The van der Waals surface area contributed by atoms with Gasteiger partial charge in [0.15, 0.2) is 0 Å². The normalized spacial score (nSPS) is 11.0. The summed E-state index contributed by atoms with van der Waals surface area (Å²) in [5.74, 6) is -0.254. The Kier molecular flexibility index (Phi) is 6.24. The van der Waals surface area contributed by atoms with Crippen molar-refractivity contribution in [2.45, 2.75) is 6.54 Å². The van der Waals surface area contributed by atoms with Crippen LogP contribution in [-0.4, -0.2) is 20.7 Å². The van der Waals surface area contributed by atoms with E-state index >= 15 is 0 Å². The van der Waals surface area contributed by atoms with Crippen LogP contribution in [0.25, 0.3) is 22.2 Å². The van der Waals surface area contributed by atoms with E-state index in [2.05, 4.69) is 10.4 Å². The second-order valence-electron chi connectivity index (χ2n) is 7.71. The van der Waals surface area contributed by atoms with Crippen molar-refractivity contribution in [2.75, 3.05) is 5.32 Å². The molecule has 168 valence electrons. The summed E-state index contributed by atoms with van der Waals surface area (Å²) in [6.07, 6.45) is 3.37. The summed E-state index contributed by atoms with van der Waals surface area (Å²) in [6, 6.07) is 22.2. The van der Waals surface area contributed by atoms with Gasteiger partial charge in [0, 0.05) is 22.2 Å². The number of amides is 1. The first-order valence-corrected chi connectivity index (χ1v) is 11.5. The average molecular weight is 508 g/mol. The Bertz CT molecular complexity index is 1530. The molecule has 5 rings (SSSR count). The number of para-hydroxylation sites is 1. The molecule has 1 N–H and O–H groups in total. The lowest BCUT2D eigenvalue weighted by atomic mass is 10.0. The molecular formula is C26H17Cl3N4O. The van der Waals surface area contributed by atoms with Gasteiger partial charge >= 0.3 is 0 Å². The number of pyridine rings is 1. The Balaban J connectivity index is 1.43. The molecule has 5 aromatic rings. The third-order valence-corrected chi connectivity index (χ3v) is 6.28. The first-order valence-electron chi connectivity index (χ1n) is 10.4. The highest BCUT2D eigenvalue weighted by Gasteiger charge is 2.15. The summed E-state index contributed by atoms with van der Waals surface area (Å²) in [5, 5.41) is 9.64. The summed E-state index contributed by atoms with van der Waals surface area (Å²) in [5.41, 5.74) is 4.26. The standard InChI is InChI=1S/C26H17Cl3N4O/c27-18-5-3-4-17(11-18)25-12-21(20-6-1-2-7-24(20)32-25)26(34)31-19-13-30-33(15-19)14-16-8-9-22(28)23(29)10-16/h1-13,15H,14H2,(H,31,34). The van der Waals surface area contributed by atoms with E-state index in [4.69, 9.17) is 39.8 Å². The van der Waals surface area contributed by atoms with Gasteiger partial charge in [0.2, 0.25) is 0 Å². The largest absolute Gasteiger partial charge is 0.319 e. The highest BCUT2D eigenvalue weighted by Crippen LogP contribution is 2.27. The van der Waals surface area contributed by atoms with Gasteiger partial charge in [-0.2, -0.15) is 5.10 Å². The van der Waals surface area contributed by atoms with Gasteiger partial charge in [0.1, 0.15) is 0 Å². The zero-order valence-electron chi connectivity index (χ0n) is 17.7. The third-order valence-electron chi connectivity index (χ3n) is 5.30. The minimum absolute atomic E-state index is 0.254. The minimum Gasteiger partial charge on any atom is -0.319 e. The number of anilines is 1. The number of rotatable bonds is 5. The second kappa shape index (κ2) is 9.47. The molecule has 1 amide bonds. The number of aromatic nitrogens is 3. The van der Waals surface area contributed by atoms with Gasteiger partial charge in [-0.25, -0.2) is 4.98 Å². The number of carbonyl (C=O) groups excluding carboxylic acids is 1. The fourth-order valence-electron chi connectivity index (χ4n) is 3.70. The SMILES string of the molecule is O=C(Nc1cnn(Cc2ccc(Cl)c(Cl)c2)c1)c1cc(-c2cccc(Cl)c2)nc2ccccc12. The van der Waals surface area contributed by atoms with Crippen LogP contribution < -0.4 is 5.32 Å². The lowest BCUT2D eigenvalue weighted by Crippen LogP contribution is -2.12. The highest BCUT2D eigenvalue weighted by atomic mass is 35.5. The molecule has 5 nitrogen and oxygen atoms in total. The quantitative estimate of drug-likeness (QED) is 0.270. The van der Waals surface area contributed by atoms with Gasteiger partial charge < -0.3 is 5.32 Å². The Morgan fingerprint density at radius 1 is 0.912 bits per heavy atom. The van der Waals surface area contributed by atoms with Crippen LogP contribution in [0.1, 0.15) is 15.9 Å². The first kappa shape index (κ1) is 22.4. The summed E-state index contributed by atoms with van der Waals surface area (Å²) >= 11 is 18.3. The molecule has 34 heavy (non-hydrogen) atoms. The highest BCUT2D eigenvalue weighted by molar-refractivity contribution is 6.42. The number of hydrogen-bond donors (Lipinski definition) is 1. The molecular weight excluding hydrogens is 491 g/mol. The average Bonchev–Trinajstić information content (AvgIpc) is 3.27. The van der Waals surface area contributed by atoms with E-state index in [0.717, 1.165) is 22.0 Å². The van der Waals surface area contributed by atoms with Crippen LogP contribution in [0.3, 0.4) is 0 Å². The van der Waals surface area contributed by atoms with Gasteiger partial charge in [-0.3, -0.25) is 9.48 Å². The zero-order chi connectivity index (χ0) is 23.7. The van der Waals surface area contributed by atoms with Crippen LogP contribution in [-0.2, 0) is 6.54 Å². The fourth-order valence-corrected chi connectivity index (χ4v) is 4.21. The molecule has 0 fully saturated rings. The Labute approximate surface area is 210 Å². The second-order valence-corrected chi connectivity index (χ2v) is 8.96. The van der Waals surface area contributed by atoms with E-state index in [9.17, 15) is 4.79 Å². The molecule has 0 atom stereocenters. The Morgan fingerprint density at radius 3 is 2.59 bits per heavy atom. The number of benzene rings is 3. The molecule has 3 aromatic carbocycles. The lowest BCUT2D eigenvalue weighted by Gasteiger charge is -2.10. The van der Waals surface area contributed by atoms with Crippen LogP contribution in [0.15, 0.2) is 85.2 Å². The van der Waals surface area contributed by atoms with Crippen molar-refractivity contribution >= 4 is 57.3 Å². The van der Waals surface area contributed by atoms with Crippen molar-refractivity contribution in [3.05, 3.63) is 111 Å². The van der Waals surface area contributed by atoms with Crippen LogP contribution >= 0.6 is 34.8 Å². The molecule has 0 aliphatic carbocycles. The molecule has 0 unspecified atom stereocenters. The smallest absolute Gasteiger partial charge is 0.256 e. The first-order chi connectivity index (χ1) is 16.5. The summed E-state index contributed by atoms with van der Waals surface area (Å²) in [6.45, 7) is 0.490. The van der Waals surface area contributed by atoms with Crippen molar-refractivity contribution in [2.24, 2.45) is 0 Å². The van der Waals surface area contributed by atoms with E-state index in [1.807, 2.05) is 48.5 Å². The number of nitrogens with zero attached hydrogens (tertiary/aromatic N) is 3. The van der Waals surface area contributed by atoms with Crippen LogP contribution in [0.4, 0.5) is 5.69 Å². The summed E-state index contributed by atoms with van der Waals surface area (Å²) in [7, 11) is 0. The number of nitrogens with one attached hydrogen (secondary N) is 1. The minimum atomic E-state index is -0.254. The molecule has 0 saturated heterocycles. The van der Waals surface area contributed by atoms with Crippen molar-refractivity contribution in [3.8, 4) is 11.3 Å². The van der Waals surface area contributed by atoms with E-state index in [1.165, 1.54) is 0 Å². The fraction of sp³-hybridized carbons (Fsp3) is 0.0385. The predicted molar refractivity (Wildman–Crippen MR) is 138 cm³/mol. The molecule has 0 saturated carbocycles. The van der Waals surface area contributed by atoms with Crippen molar-refractivity contribution < 1.29 is 4.79 Å². The Hall–Kier alpha value is -3.38. The maximum absolute atomic E-state index is 13.3. The maximum Gasteiger partial charge on any atom is 0.256 e. The van der Waals surface area contributed by atoms with Crippen LogP contribution in [0.2, 0.25) is 15.1 Å². The molecule has 2 heterocycles. The number of hydrogen-bond acceptors (Lipinski definition) is 3. The number of halogens is 3. The van der Waals surface area contributed by atoms with Gasteiger partial charge in [-0.15, -0.1) is 0 Å². The molecule has 2 aromatic heterocycles. The van der Waals surface area contributed by atoms with Gasteiger partial charge in [-0.05, 0) is 42.0 Å². The maximum atomic E-state index is 13.3. The monoisotopic (exact) mass is 506 g/mol. The molecule has 0 aliphatic rings. The molecule has 0 spiro atoms. The zero-order valence-corrected chi connectivity index (χ0v) is 19.9. The van der Waals surface area contributed by atoms with Gasteiger partial charge in [0.05, 0.1) is 45.2 Å². The molecule has 0 aliphatic heterocycles. The Morgan fingerprint density at radius 2 is 1.76 bits per heavy atom. The van der Waals surface area contributed by atoms with Gasteiger partial charge in [-0.1, -0.05) is 71.2 Å². The predicted octanol–water partition coefficient (Wildman–Crippen LogP) is 7.36. The van der Waals surface area contributed by atoms with Crippen molar-refractivity contribution in [1.29, 1.82) is 0 Å². The van der Waals surface area contributed by atoms with Crippen LogP contribution in [0, 0.1) is 0 Å². The third kappa shape index (κ3) is 4.77. The molecule has 0 radical (unpaired) electrons. The number of fused-ring (bicyclic) bond motifs is 1. The molecule has 8 heteroatoms. The van der Waals surface area contributed by atoms with Crippen LogP contribution in [0.5, 0.6) is 0 Å². The van der Waals surface area contributed by atoms with E-state index in [0.29, 0.717) is 38.6 Å². The summed E-state index contributed by atoms with van der Waals surface area (Å²) in [4.78, 5) is 18.0. The van der Waals surface area contributed by atoms with Crippen molar-refractivity contribution in [3.63, 3.8) is 0 Å². The van der Waals surface area contributed by atoms with E-state index in [1.54, 1.807) is 41.3 Å². The van der Waals surface area contributed by atoms with Gasteiger partial charge in [0.25, 0.3) is 5.91 Å². The summed E-state index contributed by atoms with van der Waals surface area (Å²) < 4.78 is 1.72. The topological polar surface area (TPSA) is 59.8 Å². The number of carbonyl (C=O) groups is 1. The van der Waals surface area contributed by atoms with Crippen molar-refractivity contribution in [1.82, 2.24) is 14.8 Å². The molecule has 0 bridgehead atoms.